The first kappa shape index (κ1) is 59.3. The maximum Gasteiger partial charge on any atom is 0.0973 e. The molecule has 0 unspecified atom stereocenters. The predicted molar refractivity (Wildman–Crippen MR) is 400 cm³/mol. The smallest absolute Gasteiger partial charge is 0.0973 e. The molecule has 0 aliphatic carbocycles. The van der Waals surface area contributed by atoms with Crippen molar-refractivity contribution in [1.29, 1.82) is 0 Å². The fourth-order valence-electron chi connectivity index (χ4n) is 12.3. The van der Waals surface area contributed by atoms with Crippen LogP contribution in [0.3, 0.4) is 0 Å². The van der Waals surface area contributed by atoms with Crippen molar-refractivity contribution in [2.75, 3.05) is 19.6 Å². The van der Waals surface area contributed by atoms with Crippen LogP contribution in [0, 0.1) is 0 Å². The highest BCUT2D eigenvalue weighted by molar-refractivity contribution is 5.91. The molecule has 0 bridgehead atoms. The second-order valence-electron chi connectivity index (χ2n) is 23.0. The molecule has 16 aromatic rings. The summed E-state index contributed by atoms with van der Waals surface area (Å²) in [7, 11) is 0. The van der Waals surface area contributed by atoms with E-state index in [2.05, 4.69) is 311 Å². The highest BCUT2D eigenvalue weighted by atomic mass is 15.2. The number of rotatable bonds is 16. The fraction of sp³-hybridized carbons (Fsp3) is 0. The van der Waals surface area contributed by atoms with Crippen molar-refractivity contribution in [3.63, 3.8) is 0 Å². The topological polar surface area (TPSA) is 64.5 Å². The summed E-state index contributed by atoms with van der Waals surface area (Å²) in [6.45, 7) is 0. The Kier molecular flexibility index (Phi) is 17.2. The Hall–Kier alpha value is -13.0. The van der Waals surface area contributed by atoms with Gasteiger partial charge in [0.05, 0.1) is 44.8 Å². The van der Waals surface area contributed by atoms with Gasteiger partial charge in [-0.1, -0.05) is 218 Å². The first-order chi connectivity index (χ1) is 47.6. The van der Waals surface area contributed by atoms with E-state index in [0.717, 1.165) is 135 Å². The fourth-order valence-corrected chi connectivity index (χ4v) is 12.3. The van der Waals surface area contributed by atoms with Crippen molar-refractivity contribution < 1.29 is 0 Å². The van der Waals surface area contributed by atoms with Crippen molar-refractivity contribution in [1.82, 2.24) is 19.9 Å². The van der Waals surface area contributed by atoms with Crippen LogP contribution in [0.1, 0.15) is 0 Å². The third-order valence-corrected chi connectivity index (χ3v) is 16.9. The minimum absolute atomic E-state index is 0.849. The summed E-state index contributed by atoms with van der Waals surface area (Å²) in [5, 5.41) is 0. The average Bonchev–Trinajstić information content (AvgIpc) is 2.05. The van der Waals surface area contributed by atoms with Crippen LogP contribution in [-0.4, -0.2) is 19.9 Å². The van der Waals surface area contributed by atoms with Crippen LogP contribution in [0.25, 0.3) is 67.1 Å². The van der Waals surface area contributed by atoms with Crippen LogP contribution in [0.2, 0.25) is 0 Å². The van der Waals surface area contributed by atoms with Gasteiger partial charge in [-0.3, -0.25) is 0 Å². The van der Waals surface area contributed by atoms with Crippen LogP contribution in [0.4, 0.5) is 68.2 Å². The number of fused-ring (bicyclic) bond motifs is 2. The summed E-state index contributed by atoms with van der Waals surface area (Å²) in [5.74, 6) is 0. The van der Waals surface area contributed by atoms with Crippen LogP contribution in [-0.2, 0) is 0 Å². The van der Waals surface area contributed by atoms with E-state index in [4.69, 9.17) is 19.9 Å². The van der Waals surface area contributed by atoms with E-state index in [9.17, 15) is 0 Å². The number of hydrogen-bond donors (Lipinski definition) is 0. The quantitative estimate of drug-likeness (QED) is 0.0948. The monoisotopic (exact) mass is 1230 g/mol. The van der Waals surface area contributed by atoms with Gasteiger partial charge >= 0.3 is 0 Å². The van der Waals surface area contributed by atoms with E-state index in [1.165, 1.54) is 0 Å². The first-order valence-corrected chi connectivity index (χ1v) is 32.2. The molecule has 8 heteroatoms. The normalized spacial score (nSPS) is 10.9. The van der Waals surface area contributed by atoms with Gasteiger partial charge in [0.15, 0.2) is 0 Å². The molecule has 16 rings (SSSR count). The number of anilines is 12. The number of benzene rings is 14. The zero-order valence-corrected chi connectivity index (χ0v) is 52.5. The Morgan fingerprint density at radius 3 is 0.396 bits per heavy atom. The third-order valence-electron chi connectivity index (χ3n) is 16.9. The zero-order chi connectivity index (χ0) is 64.2. The highest BCUT2D eigenvalue weighted by Crippen LogP contribution is 2.42. The lowest BCUT2D eigenvalue weighted by Gasteiger charge is -2.26. The molecule has 0 amide bonds. The molecular weight excluding hydrogens is 1170 g/mol. The van der Waals surface area contributed by atoms with E-state index in [-0.39, 0.29) is 0 Å². The average molecular weight is 1230 g/mol. The van der Waals surface area contributed by atoms with E-state index >= 15 is 0 Å². The summed E-state index contributed by atoms with van der Waals surface area (Å²) in [4.78, 5) is 29.8. The van der Waals surface area contributed by atoms with Crippen molar-refractivity contribution in [3.05, 3.63) is 388 Å². The van der Waals surface area contributed by atoms with E-state index in [1.54, 1.807) is 0 Å². The lowest BCUT2D eigenvalue weighted by molar-refractivity contribution is 1.26. The predicted octanol–water partition coefficient (Wildman–Crippen LogP) is 23.8. The lowest BCUT2D eigenvalue weighted by atomic mass is 10.0. The molecule has 0 radical (unpaired) electrons. The number of para-hydroxylation sites is 12. The minimum Gasteiger partial charge on any atom is -0.311 e. The molecule has 0 fully saturated rings. The van der Waals surface area contributed by atoms with Gasteiger partial charge in [0, 0.05) is 90.5 Å². The standard InChI is InChI=1S/2C44H32N4/c2*1-5-15-35(16-6-1)47(36-17-7-2-8-18-36)39-29-25-33(26-30-39)43-44(46-42-24-14-13-23-41(42)45-43)34-27-31-40(32-28-34)48(37-19-9-3-10-20-37)38-21-11-4-12-22-38/h2*1-32H. The van der Waals surface area contributed by atoms with Gasteiger partial charge in [0.1, 0.15) is 0 Å². The maximum absolute atomic E-state index is 5.18. The van der Waals surface area contributed by atoms with Gasteiger partial charge in [0.2, 0.25) is 0 Å². The van der Waals surface area contributed by atoms with E-state index in [1.807, 2.05) is 97.1 Å². The van der Waals surface area contributed by atoms with Crippen LogP contribution in [0.15, 0.2) is 388 Å². The molecule has 96 heavy (non-hydrogen) atoms. The number of hydrogen-bond acceptors (Lipinski definition) is 8. The van der Waals surface area contributed by atoms with Crippen LogP contribution >= 0.6 is 0 Å². The molecule has 2 heterocycles. The largest absolute Gasteiger partial charge is 0.311 e. The van der Waals surface area contributed by atoms with Gasteiger partial charge in [-0.2, -0.15) is 0 Å². The zero-order valence-electron chi connectivity index (χ0n) is 52.5. The van der Waals surface area contributed by atoms with Crippen LogP contribution < -0.4 is 19.6 Å². The molecule has 0 saturated heterocycles. The van der Waals surface area contributed by atoms with E-state index in [0.29, 0.717) is 0 Å². The third kappa shape index (κ3) is 12.8. The molecule has 0 aliphatic rings. The molecule has 456 valence electrons. The van der Waals surface area contributed by atoms with Crippen molar-refractivity contribution in [3.8, 4) is 45.0 Å². The summed E-state index contributed by atoms with van der Waals surface area (Å²) >= 11 is 0. The minimum atomic E-state index is 0.849. The second-order valence-corrected chi connectivity index (χ2v) is 23.0. The summed E-state index contributed by atoms with van der Waals surface area (Å²) in [6.07, 6.45) is 0. The summed E-state index contributed by atoms with van der Waals surface area (Å²) in [5.41, 5.74) is 24.0. The molecule has 0 N–H and O–H groups in total. The van der Waals surface area contributed by atoms with Gasteiger partial charge in [-0.25, -0.2) is 19.9 Å². The molecule has 14 aromatic carbocycles. The highest BCUT2D eigenvalue weighted by Gasteiger charge is 2.21. The Bertz CT molecular complexity index is 4350. The molecule has 2 aromatic heterocycles. The Labute approximate surface area is 559 Å². The number of aromatic nitrogens is 4. The molecule has 0 saturated carbocycles. The lowest BCUT2D eigenvalue weighted by Crippen LogP contribution is -2.09. The first-order valence-electron chi connectivity index (χ1n) is 32.2. The van der Waals surface area contributed by atoms with Crippen molar-refractivity contribution in [2.45, 2.75) is 0 Å². The molecule has 8 nitrogen and oxygen atoms in total. The van der Waals surface area contributed by atoms with Gasteiger partial charge in [-0.05, 0) is 170 Å². The number of nitrogens with zero attached hydrogens (tertiary/aromatic N) is 8. The van der Waals surface area contributed by atoms with Crippen molar-refractivity contribution in [2.24, 2.45) is 0 Å². The second kappa shape index (κ2) is 27.8. The summed E-state index contributed by atoms with van der Waals surface area (Å²) < 4.78 is 0. The maximum atomic E-state index is 5.18. The molecule has 0 aliphatic heterocycles. The molecular formula is C88H64N8. The van der Waals surface area contributed by atoms with E-state index < -0.39 is 0 Å². The van der Waals surface area contributed by atoms with Gasteiger partial charge in [-0.15, -0.1) is 0 Å². The Balaban J connectivity index is 0.000000158. The Morgan fingerprint density at radius 2 is 0.250 bits per heavy atom. The SMILES string of the molecule is c1ccc(N(c2ccccc2)c2ccc(-c3nc4ccccc4nc3-c3ccc(N(c4ccccc4)c4ccccc4)cc3)cc2)cc1.c1ccc(N(c2ccccc2)c2ccc(-c3nc4ccccc4nc3-c3ccc(N(c4ccccc4)c4ccccc4)cc3)cc2)cc1. The van der Waals surface area contributed by atoms with Crippen LogP contribution in [0.5, 0.6) is 0 Å². The van der Waals surface area contributed by atoms with Gasteiger partial charge in [0.25, 0.3) is 0 Å². The molecule has 0 spiro atoms. The molecule has 0 atom stereocenters. The Morgan fingerprint density at radius 1 is 0.125 bits per heavy atom. The summed E-state index contributed by atoms with van der Waals surface area (Å²) in [6, 6.07) is 134. The van der Waals surface area contributed by atoms with Gasteiger partial charge < -0.3 is 19.6 Å². The van der Waals surface area contributed by atoms with Crippen molar-refractivity contribution >= 4 is 90.3 Å².